The highest BCUT2D eigenvalue weighted by Gasteiger charge is 2.18. The maximum absolute atomic E-state index is 6.42. The van der Waals surface area contributed by atoms with E-state index < -0.39 is 0 Å². The average Bonchev–Trinajstić information content (AvgIpc) is 3.83. The van der Waals surface area contributed by atoms with E-state index in [1.807, 2.05) is 43.3 Å². The third-order valence-corrected chi connectivity index (χ3v) is 9.25. The van der Waals surface area contributed by atoms with Gasteiger partial charge in [0.05, 0.1) is 5.39 Å². The van der Waals surface area contributed by atoms with E-state index in [1.54, 1.807) is 0 Å². The van der Waals surface area contributed by atoms with Gasteiger partial charge in [0.1, 0.15) is 33.7 Å². The molecule has 0 radical (unpaired) electrons. The van der Waals surface area contributed by atoms with Crippen LogP contribution in [0.5, 0.6) is 0 Å². The Morgan fingerprint density at radius 1 is 0.444 bits per heavy atom. The normalized spacial score (nSPS) is 12.2. The molecule has 0 fully saturated rings. The smallest absolute Gasteiger partial charge is 0.178 e. The van der Waals surface area contributed by atoms with E-state index in [4.69, 9.17) is 17.7 Å². The second-order valence-corrected chi connectivity index (χ2v) is 11.7. The summed E-state index contributed by atoms with van der Waals surface area (Å²) >= 11 is 0. The van der Waals surface area contributed by atoms with Crippen LogP contribution in [-0.2, 0) is 0 Å². The zero-order chi connectivity index (χ0) is 29.8. The van der Waals surface area contributed by atoms with Gasteiger partial charge in [-0.15, -0.1) is 0 Å². The van der Waals surface area contributed by atoms with E-state index in [9.17, 15) is 0 Å². The molecule has 0 spiro atoms. The Morgan fingerprint density at radius 2 is 0.978 bits per heavy atom. The Hall–Kier alpha value is -6.00. The maximum atomic E-state index is 6.42. The molecule has 4 heterocycles. The number of fused-ring (bicyclic) bond motifs is 12. The first-order chi connectivity index (χ1) is 22.1. The van der Waals surface area contributed by atoms with Crippen molar-refractivity contribution in [2.24, 2.45) is 0 Å². The summed E-state index contributed by atoms with van der Waals surface area (Å²) < 4.78 is 24.9. The molecule has 0 atom stereocenters. The van der Waals surface area contributed by atoms with Crippen molar-refractivity contribution in [3.8, 4) is 22.3 Å². The highest BCUT2D eigenvalue weighted by Crippen LogP contribution is 2.41. The number of para-hydroxylation sites is 1. The summed E-state index contributed by atoms with van der Waals surface area (Å²) in [6.07, 6.45) is 1.84. The van der Waals surface area contributed by atoms with Crippen LogP contribution < -0.4 is 0 Å². The molecule has 4 aromatic heterocycles. The summed E-state index contributed by atoms with van der Waals surface area (Å²) in [6, 6.07) is 38.0. The Morgan fingerprint density at radius 3 is 1.69 bits per heavy atom. The summed E-state index contributed by atoms with van der Waals surface area (Å²) in [5.74, 6) is 0.845. The zero-order valence-electron chi connectivity index (χ0n) is 24.3. The first kappa shape index (κ1) is 24.4. The van der Waals surface area contributed by atoms with Crippen molar-refractivity contribution >= 4 is 82.9 Å². The lowest BCUT2D eigenvalue weighted by Crippen LogP contribution is -1.81. The van der Waals surface area contributed by atoms with Gasteiger partial charge in [-0.05, 0) is 83.8 Å². The van der Waals surface area contributed by atoms with Gasteiger partial charge >= 0.3 is 0 Å². The minimum absolute atomic E-state index is 0.770. The molecule has 0 N–H and O–H groups in total. The molecule has 0 aliphatic carbocycles. The summed E-state index contributed by atoms with van der Waals surface area (Å²) in [4.78, 5) is 0. The molecule has 0 saturated carbocycles. The molecule has 10 rings (SSSR count). The first-order valence-corrected chi connectivity index (χ1v) is 15.0. The van der Waals surface area contributed by atoms with E-state index in [0.29, 0.717) is 0 Å². The third-order valence-electron chi connectivity index (χ3n) is 9.25. The number of furan rings is 4. The molecule has 6 aromatic carbocycles. The van der Waals surface area contributed by atoms with Crippen molar-refractivity contribution in [1.29, 1.82) is 0 Å². The molecular weight excluding hydrogens is 556 g/mol. The fraction of sp³-hybridized carbons (Fsp3) is 0.0244. The van der Waals surface area contributed by atoms with Crippen molar-refractivity contribution in [2.75, 3.05) is 0 Å². The predicted molar refractivity (Wildman–Crippen MR) is 184 cm³/mol. The molecule has 10 aromatic rings. The average molecular weight is 581 g/mol. The van der Waals surface area contributed by atoms with Gasteiger partial charge in [-0.2, -0.15) is 0 Å². The lowest BCUT2D eigenvalue weighted by Gasteiger charge is -2.06. The van der Waals surface area contributed by atoms with Gasteiger partial charge < -0.3 is 17.7 Å². The molecule has 0 unspecified atom stereocenters. The van der Waals surface area contributed by atoms with Crippen LogP contribution in [0.3, 0.4) is 0 Å². The van der Waals surface area contributed by atoms with Gasteiger partial charge in [0.15, 0.2) is 11.2 Å². The SMILES string of the molecule is C=Cc1c(C)oc2c1ccc1c3cc(-c4ccc(-c5ccc6oc7c(ccc8oc9ccccc9c87)c6c5)cc4)ccc3oc12. The minimum Gasteiger partial charge on any atom is -0.457 e. The Labute approximate surface area is 256 Å². The topological polar surface area (TPSA) is 52.6 Å². The Kier molecular flexibility index (Phi) is 4.77. The lowest BCUT2D eigenvalue weighted by atomic mass is 9.98. The molecule has 4 nitrogen and oxygen atoms in total. The van der Waals surface area contributed by atoms with Crippen molar-refractivity contribution in [3.63, 3.8) is 0 Å². The Bertz CT molecular complexity index is 2830. The fourth-order valence-corrected chi connectivity index (χ4v) is 7.04. The number of hydrogen-bond donors (Lipinski definition) is 0. The lowest BCUT2D eigenvalue weighted by molar-refractivity contribution is 0.568. The quantitative estimate of drug-likeness (QED) is 0.209. The van der Waals surface area contributed by atoms with E-state index in [1.165, 1.54) is 0 Å². The molecule has 0 aliphatic rings. The number of benzene rings is 6. The number of aryl methyl sites for hydroxylation is 1. The summed E-state index contributed by atoms with van der Waals surface area (Å²) in [5, 5.41) is 7.41. The third kappa shape index (κ3) is 3.36. The highest BCUT2D eigenvalue weighted by atomic mass is 16.4. The van der Waals surface area contributed by atoms with Gasteiger partial charge in [0, 0.05) is 37.9 Å². The monoisotopic (exact) mass is 580 g/mol. The standard InChI is InChI=1S/C41H24O4/c1-3-27-22(2)42-40-28(27)14-15-30-33-21-26(13-18-36(33)45-41(30)40)24-10-8-23(9-11-24)25-12-17-35-32(20-25)29-16-19-37-38(39(29)44-35)31-6-4-5-7-34(31)43-37/h3-21H,1H2,2H3. The predicted octanol–water partition coefficient (Wildman–Crippen LogP) is 12.4. The summed E-state index contributed by atoms with van der Waals surface area (Å²) in [6.45, 7) is 5.91. The van der Waals surface area contributed by atoms with Crippen LogP contribution in [-0.4, -0.2) is 0 Å². The summed E-state index contributed by atoms with van der Waals surface area (Å²) in [7, 11) is 0. The van der Waals surface area contributed by atoms with Gasteiger partial charge in [-0.25, -0.2) is 0 Å². The molecule has 0 amide bonds. The van der Waals surface area contributed by atoms with Crippen LogP contribution in [0.15, 0.2) is 133 Å². The van der Waals surface area contributed by atoms with Gasteiger partial charge in [-0.1, -0.05) is 67.3 Å². The molecule has 0 saturated heterocycles. The first-order valence-electron chi connectivity index (χ1n) is 15.0. The molecule has 45 heavy (non-hydrogen) atoms. The molecule has 4 heteroatoms. The van der Waals surface area contributed by atoms with Crippen LogP contribution in [0.25, 0.3) is 105 Å². The van der Waals surface area contributed by atoms with Crippen LogP contribution in [0.4, 0.5) is 0 Å². The highest BCUT2D eigenvalue weighted by molar-refractivity contribution is 6.22. The molecular formula is C41H24O4. The van der Waals surface area contributed by atoms with E-state index in [2.05, 4.69) is 85.4 Å². The number of rotatable bonds is 3. The van der Waals surface area contributed by atoms with E-state index >= 15 is 0 Å². The second kappa shape index (κ2) is 8.77. The zero-order valence-corrected chi connectivity index (χ0v) is 24.3. The van der Waals surface area contributed by atoms with Crippen LogP contribution >= 0.6 is 0 Å². The van der Waals surface area contributed by atoms with Crippen LogP contribution in [0.1, 0.15) is 11.3 Å². The van der Waals surface area contributed by atoms with Crippen LogP contribution in [0.2, 0.25) is 0 Å². The molecule has 0 aliphatic heterocycles. The molecule has 0 bridgehead atoms. The van der Waals surface area contributed by atoms with Crippen LogP contribution in [0, 0.1) is 6.92 Å². The van der Waals surface area contributed by atoms with E-state index in [-0.39, 0.29) is 0 Å². The Balaban J connectivity index is 1.05. The minimum atomic E-state index is 0.770. The maximum Gasteiger partial charge on any atom is 0.178 e. The largest absolute Gasteiger partial charge is 0.457 e. The van der Waals surface area contributed by atoms with Crippen molar-refractivity contribution in [1.82, 2.24) is 0 Å². The van der Waals surface area contributed by atoms with Gasteiger partial charge in [0.2, 0.25) is 0 Å². The van der Waals surface area contributed by atoms with Crippen molar-refractivity contribution < 1.29 is 17.7 Å². The van der Waals surface area contributed by atoms with Gasteiger partial charge in [-0.3, -0.25) is 0 Å². The van der Waals surface area contributed by atoms with E-state index in [0.717, 1.165) is 110 Å². The fourth-order valence-electron chi connectivity index (χ4n) is 7.04. The van der Waals surface area contributed by atoms with Crippen molar-refractivity contribution in [2.45, 2.75) is 6.92 Å². The second-order valence-electron chi connectivity index (χ2n) is 11.7. The number of hydrogen-bond acceptors (Lipinski definition) is 4. The molecule has 212 valence electrons. The summed E-state index contributed by atoms with van der Waals surface area (Å²) in [5.41, 5.74) is 11.4. The van der Waals surface area contributed by atoms with Crippen molar-refractivity contribution in [3.05, 3.63) is 127 Å². The van der Waals surface area contributed by atoms with Gasteiger partial charge in [0.25, 0.3) is 0 Å².